The van der Waals surface area contributed by atoms with Crippen LogP contribution in [-0.2, 0) is 11.8 Å². The molecule has 0 saturated carbocycles. The van der Waals surface area contributed by atoms with E-state index in [2.05, 4.69) is 27.0 Å². The van der Waals surface area contributed by atoms with Crippen LogP contribution in [-0.4, -0.2) is 69.7 Å². The molecule has 8 heteroatoms. The average molecular weight is 299 g/mol. The molecule has 112 valence electrons. The van der Waals surface area contributed by atoms with Crippen LogP contribution in [0.3, 0.4) is 0 Å². The summed E-state index contributed by atoms with van der Waals surface area (Å²) in [4.78, 5) is 15.1. The van der Waals surface area contributed by atoms with E-state index in [-0.39, 0.29) is 5.75 Å². The van der Waals surface area contributed by atoms with Gasteiger partial charge in [-0.25, -0.2) is 0 Å². The van der Waals surface area contributed by atoms with Gasteiger partial charge < -0.3 is 14.9 Å². The van der Waals surface area contributed by atoms with Gasteiger partial charge in [0, 0.05) is 20.1 Å². The summed E-state index contributed by atoms with van der Waals surface area (Å²) in [5, 5.41) is 17.6. The van der Waals surface area contributed by atoms with E-state index in [1.54, 1.807) is 0 Å². The van der Waals surface area contributed by atoms with E-state index in [1.165, 1.54) is 11.8 Å². The highest BCUT2D eigenvalue weighted by atomic mass is 32.2. The van der Waals surface area contributed by atoms with E-state index in [0.29, 0.717) is 11.2 Å². The Kier molecular flexibility index (Phi) is 4.87. The molecule has 20 heavy (non-hydrogen) atoms. The zero-order chi connectivity index (χ0) is 14.7. The Hall–Kier alpha value is -1.28. The maximum atomic E-state index is 10.6. The summed E-state index contributed by atoms with van der Waals surface area (Å²) in [7, 11) is 6.05. The molecule has 7 nitrogen and oxygen atoms in total. The monoisotopic (exact) mass is 299 g/mol. The SMILES string of the molecule is CN1CCC(N(C)c2nnc(SCC(=O)O)n2C)CC1. The number of likely N-dealkylation sites (tertiary alicyclic amines) is 1. The molecule has 1 N–H and O–H groups in total. The number of aromatic nitrogens is 3. The third-order valence-corrected chi connectivity index (χ3v) is 4.69. The Morgan fingerprint density at radius 3 is 2.65 bits per heavy atom. The summed E-state index contributed by atoms with van der Waals surface area (Å²) >= 11 is 1.20. The molecule has 1 aliphatic rings. The predicted molar refractivity (Wildman–Crippen MR) is 78.3 cm³/mol. The fourth-order valence-electron chi connectivity index (χ4n) is 2.41. The number of aliphatic carboxylic acids is 1. The highest BCUT2D eigenvalue weighted by molar-refractivity contribution is 7.99. The smallest absolute Gasteiger partial charge is 0.313 e. The van der Waals surface area contributed by atoms with Gasteiger partial charge in [-0.3, -0.25) is 9.36 Å². The van der Waals surface area contributed by atoms with Gasteiger partial charge >= 0.3 is 5.97 Å². The molecule has 1 aromatic rings. The summed E-state index contributed by atoms with van der Waals surface area (Å²) in [6.07, 6.45) is 2.22. The zero-order valence-corrected chi connectivity index (χ0v) is 12.9. The van der Waals surface area contributed by atoms with Crippen LogP contribution in [0.4, 0.5) is 5.95 Å². The molecule has 1 saturated heterocycles. The highest BCUT2D eigenvalue weighted by Crippen LogP contribution is 2.23. The van der Waals surface area contributed by atoms with Crippen molar-refractivity contribution in [1.82, 2.24) is 19.7 Å². The Labute approximate surface area is 123 Å². The number of nitrogens with zero attached hydrogens (tertiary/aromatic N) is 5. The van der Waals surface area contributed by atoms with Gasteiger partial charge in [-0.1, -0.05) is 11.8 Å². The number of thioether (sulfide) groups is 1. The Bertz CT molecular complexity index is 470. The van der Waals surface area contributed by atoms with E-state index in [0.717, 1.165) is 31.9 Å². The summed E-state index contributed by atoms with van der Waals surface area (Å²) in [5.41, 5.74) is 0. The zero-order valence-electron chi connectivity index (χ0n) is 12.1. The lowest BCUT2D eigenvalue weighted by molar-refractivity contribution is -0.133. The normalized spacial score (nSPS) is 17.4. The van der Waals surface area contributed by atoms with Crippen molar-refractivity contribution in [3.63, 3.8) is 0 Å². The number of carbonyl (C=O) groups is 1. The number of carboxylic acid groups (broad SMARTS) is 1. The third kappa shape index (κ3) is 3.43. The maximum Gasteiger partial charge on any atom is 0.313 e. The first-order chi connectivity index (χ1) is 9.49. The molecule has 1 aromatic heterocycles. The van der Waals surface area contributed by atoms with Crippen molar-refractivity contribution in [2.24, 2.45) is 7.05 Å². The Balaban J connectivity index is 2.03. The number of hydrogen-bond acceptors (Lipinski definition) is 6. The van der Waals surface area contributed by atoms with Crippen LogP contribution < -0.4 is 4.90 Å². The molecule has 0 unspecified atom stereocenters. The van der Waals surface area contributed by atoms with Gasteiger partial charge in [0.05, 0.1) is 5.75 Å². The van der Waals surface area contributed by atoms with Crippen LogP contribution in [0.2, 0.25) is 0 Å². The molecule has 0 bridgehead atoms. The van der Waals surface area contributed by atoms with Crippen molar-refractivity contribution in [3.8, 4) is 0 Å². The minimum absolute atomic E-state index is 0.00388. The molecule has 0 atom stereocenters. The van der Waals surface area contributed by atoms with Gasteiger partial charge in [0.15, 0.2) is 5.16 Å². The summed E-state index contributed by atoms with van der Waals surface area (Å²) in [6, 6.07) is 0.464. The highest BCUT2D eigenvalue weighted by Gasteiger charge is 2.24. The predicted octanol–water partition coefficient (Wildman–Crippen LogP) is 0.522. The van der Waals surface area contributed by atoms with Gasteiger partial charge in [0.2, 0.25) is 5.95 Å². The molecule has 1 fully saturated rings. The summed E-state index contributed by atoms with van der Waals surface area (Å²) < 4.78 is 1.87. The van der Waals surface area contributed by atoms with Crippen molar-refractivity contribution in [3.05, 3.63) is 0 Å². The van der Waals surface area contributed by atoms with E-state index in [4.69, 9.17) is 5.11 Å². The summed E-state index contributed by atoms with van der Waals surface area (Å²) in [5.74, 6) is -0.0418. The number of carboxylic acids is 1. The first-order valence-electron chi connectivity index (χ1n) is 6.64. The summed E-state index contributed by atoms with van der Waals surface area (Å²) in [6.45, 7) is 2.18. The Morgan fingerprint density at radius 1 is 1.40 bits per heavy atom. The number of hydrogen-bond donors (Lipinski definition) is 1. The fourth-order valence-corrected chi connectivity index (χ4v) is 3.04. The van der Waals surface area contributed by atoms with Crippen LogP contribution in [0, 0.1) is 0 Å². The molecular weight excluding hydrogens is 278 g/mol. The lowest BCUT2D eigenvalue weighted by Gasteiger charge is -2.35. The van der Waals surface area contributed by atoms with Crippen LogP contribution >= 0.6 is 11.8 Å². The first kappa shape index (κ1) is 15.1. The largest absolute Gasteiger partial charge is 0.481 e. The van der Waals surface area contributed by atoms with Gasteiger partial charge in [-0.15, -0.1) is 10.2 Å². The lowest BCUT2D eigenvalue weighted by atomic mass is 10.0. The van der Waals surface area contributed by atoms with Crippen molar-refractivity contribution in [1.29, 1.82) is 0 Å². The molecule has 2 rings (SSSR count). The number of piperidine rings is 1. The van der Waals surface area contributed by atoms with Crippen molar-refractivity contribution < 1.29 is 9.90 Å². The van der Waals surface area contributed by atoms with Crippen LogP contribution in [0.5, 0.6) is 0 Å². The van der Waals surface area contributed by atoms with Gasteiger partial charge in [0.1, 0.15) is 0 Å². The van der Waals surface area contributed by atoms with Gasteiger partial charge in [-0.2, -0.15) is 0 Å². The van der Waals surface area contributed by atoms with E-state index < -0.39 is 5.97 Å². The number of rotatable bonds is 5. The topological polar surface area (TPSA) is 74.5 Å². The molecule has 0 aliphatic carbocycles. The number of anilines is 1. The molecule has 2 heterocycles. The minimum atomic E-state index is -0.844. The van der Waals surface area contributed by atoms with Gasteiger partial charge in [0.25, 0.3) is 0 Å². The van der Waals surface area contributed by atoms with Crippen molar-refractivity contribution >= 4 is 23.7 Å². The van der Waals surface area contributed by atoms with Crippen LogP contribution in [0.1, 0.15) is 12.8 Å². The van der Waals surface area contributed by atoms with E-state index in [9.17, 15) is 4.79 Å². The second-order valence-electron chi connectivity index (χ2n) is 5.17. The molecule has 0 spiro atoms. The quantitative estimate of drug-likeness (QED) is 0.795. The minimum Gasteiger partial charge on any atom is -0.481 e. The molecule has 0 radical (unpaired) electrons. The molecule has 0 amide bonds. The van der Waals surface area contributed by atoms with E-state index in [1.807, 2.05) is 18.7 Å². The van der Waals surface area contributed by atoms with Crippen molar-refractivity contribution in [2.75, 3.05) is 37.8 Å². The van der Waals surface area contributed by atoms with Crippen LogP contribution in [0.15, 0.2) is 5.16 Å². The first-order valence-corrected chi connectivity index (χ1v) is 7.63. The Morgan fingerprint density at radius 2 is 2.05 bits per heavy atom. The van der Waals surface area contributed by atoms with Crippen LogP contribution in [0.25, 0.3) is 0 Å². The lowest BCUT2D eigenvalue weighted by Crippen LogP contribution is -2.42. The van der Waals surface area contributed by atoms with Gasteiger partial charge in [-0.05, 0) is 33.0 Å². The van der Waals surface area contributed by atoms with Crippen molar-refractivity contribution in [2.45, 2.75) is 24.0 Å². The van der Waals surface area contributed by atoms with E-state index >= 15 is 0 Å². The second-order valence-corrected chi connectivity index (χ2v) is 6.11. The molecular formula is C12H21N5O2S. The third-order valence-electron chi connectivity index (χ3n) is 3.69. The standard InChI is InChI=1S/C12H21N5O2S/c1-15-6-4-9(5-7-15)16(2)11-13-14-12(17(11)3)20-8-10(18)19/h9H,4-8H2,1-3H3,(H,18,19). The second kappa shape index (κ2) is 6.45. The average Bonchev–Trinajstić information content (AvgIpc) is 2.78. The molecule has 0 aromatic carbocycles. The fraction of sp³-hybridized carbons (Fsp3) is 0.750. The molecule has 1 aliphatic heterocycles. The maximum absolute atomic E-state index is 10.6.